The monoisotopic (exact) mass is 306 g/mol. The molecular weight excluding hydrogens is 284 g/mol. The number of methoxy groups -OCH3 is 1. The number of ether oxygens (including phenoxy) is 1. The molecule has 0 heterocycles. The first-order valence-corrected chi connectivity index (χ1v) is 8.11. The molecule has 0 aromatic heterocycles. The van der Waals surface area contributed by atoms with Crippen molar-refractivity contribution in [3.8, 4) is 5.75 Å². The Morgan fingerprint density at radius 3 is 2.39 bits per heavy atom. The molecule has 2 aromatic carbocycles. The third-order valence-electron chi connectivity index (χ3n) is 4.50. The van der Waals surface area contributed by atoms with Gasteiger partial charge in [0.1, 0.15) is 5.75 Å². The van der Waals surface area contributed by atoms with Crippen LogP contribution in [-0.4, -0.2) is 12.9 Å². The third kappa shape index (κ3) is 3.53. The first kappa shape index (κ1) is 15.5. The summed E-state index contributed by atoms with van der Waals surface area (Å²) in [4.78, 5) is 12.9. The van der Waals surface area contributed by atoms with Gasteiger partial charge < -0.3 is 4.74 Å². The molecule has 3 rings (SSSR count). The normalized spacial score (nSPS) is 23.0. The summed E-state index contributed by atoms with van der Waals surface area (Å²) in [5.74, 6) is 1.61. The van der Waals surface area contributed by atoms with Crippen LogP contribution in [0.15, 0.2) is 60.2 Å². The number of rotatable bonds is 3. The molecule has 2 heteroatoms. The van der Waals surface area contributed by atoms with Crippen LogP contribution in [0.4, 0.5) is 0 Å². The summed E-state index contributed by atoms with van der Waals surface area (Å²) in [7, 11) is 1.66. The molecule has 0 spiro atoms. The first-order chi connectivity index (χ1) is 11.2. The molecule has 0 amide bonds. The van der Waals surface area contributed by atoms with Crippen molar-refractivity contribution in [1.29, 1.82) is 0 Å². The Bertz CT molecular complexity index is 698. The number of hydrogen-bond acceptors (Lipinski definition) is 2. The van der Waals surface area contributed by atoms with E-state index in [1.165, 1.54) is 0 Å². The minimum Gasteiger partial charge on any atom is -0.497 e. The standard InChI is InChI=1S/C21H22O2/c1-15-12-18(14-16-8-10-19(23-2)11-9-16)21(22)20(13-15)17-6-4-3-5-7-17/h3-11,14-15,20H,12-13H2,1-2H3/b18-14-. The van der Waals surface area contributed by atoms with Gasteiger partial charge in [-0.1, -0.05) is 49.4 Å². The summed E-state index contributed by atoms with van der Waals surface area (Å²) in [6.07, 6.45) is 3.82. The van der Waals surface area contributed by atoms with Gasteiger partial charge in [0, 0.05) is 5.92 Å². The zero-order valence-electron chi connectivity index (χ0n) is 13.7. The zero-order valence-corrected chi connectivity index (χ0v) is 13.7. The molecule has 1 saturated carbocycles. The topological polar surface area (TPSA) is 26.3 Å². The Kier molecular flexibility index (Phi) is 4.61. The van der Waals surface area contributed by atoms with E-state index in [4.69, 9.17) is 4.74 Å². The molecule has 0 aliphatic heterocycles. The Hall–Kier alpha value is -2.35. The minimum atomic E-state index is -0.00977. The molecule has 2 aromatic rings. The Balaban J connectivity index is 1.88. The summed E-state index contributed by atoms with van der Waals surface area (Å²) < 4.78 is 5.18. The molecule has 0 saturated heterocycles. The second-order valence-corrected chi connectivity index (χ2v) is 6.32. The fourth-order valence-electron chi connectivity index (χ4n) is 3.30. The van der Waals surface area contributed by atoms with E-state index >= 15 is 0 Å². The number of benzene rings is 2. The molecule has 0 N–H and O–H groups in total. The van der Waals surface area contributed by atoms with Crippen molar-refractivity contribution >= 4 is 11.9 Å². The third-order valence-corrected chi connectivity index (χ3v) is 4.50. The largest absolute Gasteiger partial charge is 0.497 e. The number of carbonyl (C=O) groups is 1. The Morgan fingerprint density at radius 1 is 1.04 bits per heavy atom. The quantitative estimate of drug-likeness (QED) is 0.757. The molecule has 0 bridgehead atoms. The maximum Gasteiger partial charge on any atom is 0.166 e. The van der Waals surface area contributed by atoms with Crippen molar-refractivity contribution < 1.29 is 9.53 Å². The molecule has 2 unspecified atom stereocenters. The van der Waals surface area contributed by atoms with Crippen LogP contribution in [0.25, 0.3) is 6.08 Å². The summed E-state index contributed by atoms with van der Waals surface area (Å²) in [5.41, 5.74) is 3.11. The van der Waals surface area contributed by atoms with E-state index in [9.17, 15) is 4.79 Å². The van der Waals surface area contributed by atoms with Crippen LogP contribution >= 0.6 is 0 Å². The highest BCUT2D eigenvalue weighted by Crippen LogP contribution is 2.37. The highest BCUT2D eigenvalue weighted by molar-refractivity contribution is 6.04. The van der Waals surface area contributed by atoms with E-state index in [1.54, 1.807) is 7.11 Å². The molecule has 118 valence electrons. The molecule has 1 aliphatic rings. The van der Waals surface area contributed by atoms with Crippen molar-refractivity contribution in [2.45, 2.75) is 25.7 Å². The van der Waals surface area contributed by atoms with Crippen LogP contribution in [0, 0.1) is 5.92 Å². The average molecular weight is 306 g/mol. The summed E-state index contributed by atoms with van der Waals surface area (Å²) in [6, 6.07) is 18.0. The first-order valence-electron chi connectivity index (χ1n) is 8.11. The lowest BCUT2D eigenvalue weighted by Crippen LogP contribution is -2.24. The number of ketones is 1. The van der Waals surface area contributed by atoms with Crippen LogP contribution in [0.2, 0.25) is 0 Å². The van der Waals surface area contributed by atoms with Crippen LogP contribution in [0.3, 0.4) is 0 Å². The zero-order chi connectivity index (χ0) is 16.2. The van der Waals surface area contributed by atoms with Gasteiger partial charge in [0.05, 0.1) is 7.11 Å². The highest BCUT2D eigenvalue weighted by Gasteiger charge is 2.31. The van der Waals surface area contributed by atoms with Crippen LogP contribution < -0.4 is 4.74 Å². The SMILES string of the molecule is COc1ccc(/C=C2/CC(C)CC(c3ccccc3)C2=O)cc1. The minimum absolute atomic E-state index is 0.00977. The Labute approximate surface area is 137 Å². The number of allylic oxidation sites excluding steroid dienone is 1. The van der Waals surface area contributed by atoms with Crippen LogP contribution in [0.5, 0.6) is 5.75 Å². The lowest BCUT2D eigenvalue weighted by molar-refractivity contribution is -0.118. The van der Waals surface area contributed by atoms with Gasteiger partial charge in [-0.15, -0.1) is 0 Å². The van der Waals surface area contributed by atoms with Gasteiger partial charge >= 0.3 is 0 Å². The number of Topliss-reactive ketones (excluding diaryl/α,β-unsaturated/α-hetero) is 1. The van der Waals surface area contributed by atoms with Crippen molar-refractivity contribution in [2.24, 2.45) is 5.92 Å². The molecule has 0 radical (unpaired) electrons. The summed E-state index contributed by atoms with van der Waals surface area (Å²) in [6.45, 7) is 2.23. The maximum atomic E-state index is 12.9. The number of hydrogen-bond donors (Lipinski definition) is 0. The lowest BCUT2D eigenvalue weighted by Gasteiger charge is -2.28. The average Bonchev–Trinajstić information content (AvgIpc) is 2.59. The van der Waals surface area contributed by atoms with E-state index < -0.39 is 0 Å². The van der Waals surface area contributed by atoms with E-state index in [0.29, 0.717) is 5.92 Å². The second-order valence-electron chi connectivity index (χ2n) is 6.32. The van der Waals surface area contributed by atoms with Crippen molar-refractivity contribution in [3.63, 3.8) is 0 Å². The molecule has 23 heavy (non-hydrogen) atoms. The van der Waals surface area contributed by atoms with E-state index in [0.717, 1.165) is 35.3 Å². The highest BCUT2D eigenvalue weighted by atomic mass is 16.5. The predicted molar refractivity (Wildman–Crippen MR) is 93.6 cm³/mol. The molecule has 1 aliphatic carbocycles. The van der Waals surface area contributed by atoms with E-state index in [2.05, 4.69) is 19.1 Å². The van der Waals surface area contributed by atoms with E-state index in [-0.39, 0.29) is 11.7 Å². The second kappa shape index (κ2) is 6.82. The van der Waals surface area contributed by atoms with Gasteiger partial charge in [-0.3, -0.25) is 4.79 Å². The van der Waals surface area contributed by atoms with Gasteiger partial charge in [0.25, 0.3) is 0 Å². The summed E-state index contributed by atoms with van der Waals surface area (Å²) >= 11 is 0. The molecule has 2 atom stereocenters. The fourth-order valence-corrected chi connectivity index (χ4v) is 3.30. The number of carbonyl (C=O) groups excluding carboxylic acids is 1. The maximum absolute atomic E-state index is 12.9. The van der Waals surface area contributed by atoms with Gasteiger partial charge in [-0.05, 0) is 53.7 Å². The Morgan fingerprint density at radius 2 is 1.74 bits per heavy atom. The van der Waals surface area contributed by atoms with Crippen molar-refractivity contribution in [2.75, 3.05) is 7.11 Å². The molecule has 1 fully saturated rings. The summed E-state index contributed by atoms with van der Waals surface area (Å²) in [5, 5.41) is 0. The lowest BCUT2D eigenvalue weighted by atomic mass is 9.75. The van der Waals surface area contributed by atoms with Crippen molar-refractivity contribution in [3.05, 3.63) is 71.3 Å². The van der Waals surface area contributed by atoms with Crippen LogP contribution in [0.1, 0.15) is 36.8 Å². The molecule has 2 nitrogen and oxygen atoms in total. The smallest absolute Gasteiger partial charge is 0.166 e. The predicted octanol–water partition coefficient (Wildman–Crippen LogP) is 4.86. The van der Waals surface area contributed by atoms with Gasteiger partial charge in [-0.2, -0.15) is 0 Å². The fraction of sp³-hybridized carbons (Fsp3) is 0.286. The molecular formula is C21H22O2. The van der Waals surface area contributed by atoms with Gasteiger partial charge in [0.15, 0.2) is 5.78 Å². The van der Waals surface area contributed by atoms with Crippen LogP contribution in [-0.2, 0) is 4.79 Å². The van der Waals surface area contributed by atoms with Gasteiger partial charge in [-0.25, -0.2) is 0 Å². The van der Waals surface area contributed by atoms with E-state index in [1.807, 2.05) is 48.5 Å². The van der Waals surface area contributed by atoms with Gasteiger partial charge in [0.2, 0.25) is 0 Å². The van der Waals surface area contributed by atoms with Crippen molar-refractivity contribution in [1.82, 2.24) is 0 Å².